The second-order valence-electron chi connectivity index (χ2n) is 2.80. The van der Waals surface area contributed by atoms with Gasteiger partial charge in [0.2, 0.25) is 0 Å². The van der Waals surface area contributed by atoms with Crippen LogP contribution in [0.5, 0.6) is 0 Å². The standard InChI is InChI=1S/C7H7NO3/c9-3-1-4-5(2-3)7(11)8-6(4)10/h3,9H,1-2H2,(H,8,10,11). The van der Waals surface area contributed by atoms with Crippen LogP contribution in [0.4, 0.5) is 0 Å². The Labute approximate surface area is 62.9 Å². The second-order valence-corrected chi connectivity index (χ2v) is 2.80. The molecule has 4 nitrogen and oxygen atoms in total. The van der Waals surface area contributed by atoms with Crippen LogP contribution in [-0.2, 0) is 9.59 Å². The van der Waals surface area contributed by atoms with E-state index in [9.17, 15) is 9.59 Å². The Morgan fingerprint density at radius 3 is 2.09 bits per heavy atom. The van der Waals surface area contributed by atoms with Crippen molar-refractivity contribution < 1.29 is 14.7 Å². The van der Waals surface area contributed by atoms with E-state index in [2.05, 4.69) is 5.32 Å². The first-order valence-electron chi connectivity index (χ1n) is 3.44. The first kappa shape index (κ1) is 6.54. The van der Waals surface area contributed by atoms with E-state index in [1.807, 2.05) is 0 Å². The first-order chi connectivity index (χ1) is 5.18. The zero-order valence-electron chi connectivity index (χ0n) is 5.76. The van der Waals surface area contributed by atoms with Crippen LogP contribution in [0.25, 0.3) is 0 Å². The van der Waals surface area contributed by atoms with Gasteiger partial charge in [0, 0.05) is 24.0 Å². The minimum absolute atomic E-state index is 0.326. The summed E-state index contributed by atoms with van der Waals surface area (Å²) in [7, 11) is 0. The van der Waals surface area contributed by atoms with Crippen LogP contribution in [-0.4, -0.2) is 23.0 Å². The summed E-state index contributed by atoms with van der Waals surface area (Å²) >= 11 is 0. The van der Waals surface area contributed by atoms with Crippen LogP contribution >= 0.6 is 0 Å². The van der Waals surface area contributed by atoms with Gasteiger partial charge >= 0.3 is 0 Å². The van der Waals surface area contributed by atoms with Gasteiger partial charge in [0.1, 0.15) is 0 Å². The molecule has 0 bridgehead atoms. The minimum Gasteiger partial charge on any atom is -0.392 e. The van der Waals surface area contributed by atoms with Gasteiger partial charge in [-0.2, -0.15) is 0 Å². The lowest BCUT2D eigenvalue weighted by molar-refractivity contribution is -0.124. The highest BCUT2D eigenvalue weighted by molar-refractivity contribution is 6.20. The third kappa shape index (κ3) is 0.793. The maximum absolute atomic E-state index is 10.9. The fourth-order valence-electron chi connectivity index (χ4n) is 1.50. The molecule has 1 aliphatic carbocycles. The maximum atomic E-state index is 10.9. The van der Waals surface area contributed by atoms with Crippen LogP contribution in [0.1, 0.15) is 12.8 Å². The molecule has 1 aliphatic heterocycles. The molecule has 2 amide bonds. The summed E-state index contributed by atoms with van der Waals surface area (Å²) in [6.07, 6.45) is 0.120. The van der Waals surface area contributed by atoms with Crippen LogP contribution < -0.4 is 5.32 Å². The lowest BCUT2D eigenvalue weighted by Crippen LogP contribution is -2.26. The average Bonchev–Trinajstić information content (AvgIpc) is 2.38. The molecule has 1 heterocycles. The van der Waals surface area contributed by atoms with Gasteiger partial charge in [0.05, 0.1) is 6.10 Å². The van der Waals surface area contributed by atoms with Crippen molar-refractivity contribution in [3.8, 4) is 0 Å². The molecule has 4 heteroatoms. The van der Waals surface area contributed by atoms with Gasteiger partial charge in [-0.1, -0.05) is 0 Å². The monoisotopic (exact) mass is 153 g/mol. The molecule has 58 valence electrons. The molecule has 2 rings (SSSR count). The number of carbonyl (C=O) groups excluding carboxylic acids is 2. The van der Waals surface area contributed by atoms with E-state index in [0.717, 1.165) is 0 Å². The number of aliphatic hydroxyl groups is 1. The summed E-state index contributed by atoms with van der Waals surface area (Å²) in [6.45, 7) is 0. The maximum Gasteiger partial charge on any atom is 0.254 e. The third-order valence-electron chi connectivity index (χ3n) is 2.02. The molecular weight excluding hydrogens is 146 g/mol. The number of hydrogen-bond donors (Lipinski definition) is 2. The Hall–Kier alpha value is -1.16. The van der Waals surface area contributed by atoms with Crippen molar-refractivity contribution in [2.24, 2.45) is 0 Å². The number of aliphatic hydroxyl groups excluding tert-OH is 1. The Morgan fingerprint density at radius 1 is 1.18 bits per heavy atom. The molecule has 0 fully saturated rings. The molecular formula is C7H7NO3. The molecule has 0 radical (unpaired) electrons. The molecule has 0 aromatic carbocycles. The number of carbonyl (C=O) groups is 2. The van der Waals surface area contributed by atoms with Crippen molar-refractivity contribution >= 4 is 11.8 Å². The summed E-state index contributed by atoms with van der Waals surface area (Å²) in [4.78, 5) is 21.8. The predicted molar refractivity (Wildman–Crippen MR) is 35.4 cm³/mol. The Bertz CT molecular complexity index is 253. The topological polar surface area (TPSA) is 66.4 Å². The van der Waals surface area contributed by atoms with Crippen LogP contribution in [0, 0.1) is 0 Å². The Balaban J connectivity index is 2.37. The average molecular weight is 153 g/mol. The fourth-order valence-corrected chi connectivity index (χ4v) is 1.50. The molecule has 0 spiro atoms. The number of rotatable bonds is 0. The Kier molecular flexibility index (Phi) is 1.14. The molecule has 0 saturated carbocycles. The van der Waals surface area contributed by atoms with Crippen molar-refractivity contribution in [1.82, 2.24) is 5.32 Å². The smallest absolute Gasteiger partial charge is 0.254 e. The van der Waals surface area contributed by atoms with Gasteiger partial charge in [-0.15, -0.1) is 0 Å². The molecule has 0 aromatic heterocycles. The van der Waals surface area contributed by atoms with E-state index in [0.29, 0.717) is 24.0 Å². The number of amides is 2. The SMILES string of the molecule is O=C1NC(=O)C2=C1CC(O)C2. The number of nitrogens with one attached hydrogen (secondary N) is 1. The zero-order chi connectivity index (χ0) is 8.01. The van der Waals surface area contributed by atoms with E-state index in [-0.39, 0.29) is 11.8 Å². The van der Waals surface area contributed by atoms with Gasteiger partial charge in [0.25, 0.3) is 11.8 Å². The quantitative estimate of drug-likeness (QED) is 0.443. The van der Waals surface area contributed by atoms with Crippen molar-refractivity contribution in [2.75, 3.05) is 0 Å². The highest BCUT2D eigenvalue weighted by Crippen LogP contribution is 2.29. The van der Waals surface area contributed by atoms with Gasteiger partial charge in [0.15, 0.2) is 0 Å². The highest BCUT2D eigenvalue weighted by atomic mass is 16.3. The normalized spacial score (nSPS) is 24.5. The third-order valence-corrected chi connectivity index (χ3v) is 2.02. The first-order valence-corrected chi connectivity index (χ1v) is 3.44. The van der Waals surface area contributed by atoms with Crippen molar-refractivity contribution in [3.05, 3.63) is 11.1 Å². The molecule has 11 heavy (non-hydrogen) atoms. The Morgan fingerprint density at radius 2 is 1.64 bits per heavy atom. The van der Waals surface area contributed by atoms with E-state index in [4.69, 9.17) is 5.11 Å². The van der Waals surface area contributed by atoms with Crippen LogP contribution in [0.3, 0.4) is 0 Å². The molecule has 0 saturated heterocycles. The van der Waals surface area contributed by atoms with Crippen molar-refractivity contribution in [1.29, 1.82) is 0 Å². The van der Waals surface area contributed by atoms with Gasteiger partial charge < -0.3 is 5.11 Å². The zero-order valence-corrected chi connectivity index (χ0v) is 5.76. The van der Waals surface area contributed by atoms with Crippen molar-refractivity contribution in [2.45, 2.75) is 18.9 Å². The summed E-state index contributed by atoms with van der Waals surface area (Å²) in [5, 5.41) is 11.3. The highest BCUT2D eigenvalue weighted by Gasteiger charge is 2.36. The molecule has 0 unspecified atom stereocenters. The molecule has 2 N–H and O–H groups in total. The van der Waals surface area contributed by atoms with E-state index in [1.54, 1.807) is 0 Å². The summed E-state index contributed by atoms with van der Waals surface area (Å²) in [5.41, 5.74) is 0.949. The number of imide groups is 1. The fraction of sp³-hybridized carbons (Fsp3) is 0.429. The lowest BCUT2D eigenvalue weighted by Gasteiger charge is -2.01. The van der Waals surface area contributed by atoms with E-state index >= 15 is 0 Å². The largest absolute Gasteiger partial charge is 0.392 e. The summed E-state index contributed by atoms with van der Waals surface area (Å²) in [5.74, 6) is -0.664. The summed E-state index contributed by atoms with van der Waals surface area (Å²) in [6, 6.07) is 0. The van der Waals surface area contributed by atoms with Crippen LogP contribution in [0.15, 0.2) is 11.1 Å². The van der Waals surface area contributed by atoms with Gasteiger partial charge in [-0.05, 0) is 0 Å². The minimum atomic E-state index is -0.532. The molecule has 0 aromatic rings. The van der Waals surface area contributed by atoms with Gasteiger partial charge in [-0.25, -0.2) is 0 Å². The number of hydrogen-bond acceptors (Lipinski definition) is 3. The van der Waals surface area contributed by atoms with E-state index < -0.39 is 6.10 Å². The second kappa shape index (κ2) is 1.92. The lowest BCUT2D eigenvalue weighted by atomic mass is 10.2. The summed E-state index contributed by atoms with van der Waals surface area (Å²) < 4.78 is 0. The van der Waals surface area contributed by atoms with E-state index in [1.165, 1.54) is 0 Å². The van der Waals surface area contributed by atoms with Gasteiger partial charge in [-0.3, -0.25) is 14.9 Å². The van der Waals surface area contributed by atoms with Crippen molar-refractivity contribution in [3.63, 3.8) is 0 Å². The molecule has 2 aliphatic rings. The predicted octanol–water partition coefficient (Wildman–Crippen LogP) is -0.906. The van der Waals surface area contributed by atoms with Crippen LogP contribution in [0.2, 0.25) is 0 Å². The molecule has 0 atom stereocenters.